The molecule has 0 amide bonds. The van der Waals surface area contributed by atoms with Gasteiger partial charge in [0.1, 0.15) is 11.6 Å². The summed E-state index contributed by atoms with van der Waals surface area (Å²) in [6.45, 7) is 1.47. The summed E-state index contributed by atoms with van der Waals surface area (Å²) in [4.78, 5) is 8.93. The van der Waals surface area contributed by atoms with E-state index in [4.69, 9.17) is 4.74 Å². The van der Waals surface area contributed by atoms with Gasteiger partial charge in [-0.15, -0.1) is 0 Å². The van der Waals surface area contributed by atoms with Gasteiger partial charge in [0.2, 0.25) is 5.95 Å². The summed E-state index contributed by atoms with van der Waals surface area (Å²) < 4.78 is 18.6. The molecule has 0 spiro atoms. The largest absolute Gasteiger partial charge is 0.376 e. The van der Waals surface area contributed by atoms with Gasteiger partial charge in [-0.1, -0.05) is 0 Å². The third kappa shape index (κ3) is 3.13. The van der Waals surface area contributed by atoms with E-state index >= 15 is 0 Å². The number of hydrogen-bond acceptors (Lipinski definition) is 6. The van der Waals surface area contributed by atoms with E-state index < -0.39 is 0 Å². The molecule has 1 aliphatic rings. The molecule has 3 heterocycles. The lowest BCUT2D eigenvalue weighted by molar-refractivity contribution is 0.120. The second kappa shape index (κ2) is 6.40. The van der Waals surface area contributed by atoms with Crippen LogP contribution in [0, 0.1) is 5.82 Å². The summed E-state index contributed by atoms with van der Waals surface area (Å²) in [5.74, 6) is 0.817. The first kappa shape index (κ1) is 14.8. The predicted octanol–water partition coefficient (Wildman–Crippen LogP) is 2.83. The number of ether oxygens (including phenoxy) is 1. The van der Waals surface area contributed by atoms with Crippen molar-refractivity contribution in [3.8, 4) is 0 Å². The Bertz CT molecular complexity index is 828. The smallest absolute Gasteiger partial charge is 0.226 e. The van der Waals surface area contributed by atoms with Crippen LogP contribution in [-0.2, 0) is 4.74 Å². The van der Waals surface area contributed by atoms with Crippen LogP contribution >= 0.6 is 0 Å². The van der Waals surface area contributed by atoms with E-state index in [2.05, 4.69) is 30.8 Å². The lowest BCUT2D eigenvalue weighted by Gasteiger charge is -2.12. The number of fused-ring (bicyclic) bond motifs is 1. The third-order valence-corrected chi connectivity index (χ3v) is 3.93. The number of hydrogen-bond donors (Lipinski definition) is 3. The van der Waals surface area contributed by atoms with Crippen LogP contribution < -0.4 is 10.6 Å². The van der Waals surface area contributed by atoms with Crippen LogP contribution in [0.4, 0.5) is 21.8 Å². The first-order valence-electron chi connectivity index (χ1n) is 7.87. The predicted molar refractivity (Wildman–Crippen MR) is 88.8 cm³/mol. The fourth-order valence-electron chi connectivity index (χ4n) is 2.69. The zero-order valence-corrected chi connectivity index (χ0v) is 12.9. The van der Waals surface area contributed by atoms with Gasteiger partial charge in [0.05, 0.1) is 17.7 Å². The number of aromatic amines is 1. The van der Waals surface area contributed by atoms with Crippen LogP contribution in [0.15, 0.2) is 30.5 Å². The Morgan fingerprint density at radius 3 is 2.92 bits per heavy atom. The maximum Gasteiger partial charge on any atom is 0.226 e. The Balaban J connectivity index is 1.58. The summed E-state index contributed by atoms with van der Waals surface area (Å²) in [6.07, 6.45) is 3.98. The van der Waals surface area contributed by atoms with E-state index in [1.54, 1.807) is 18.3 Å². The van der Waals surface area contributed by atoms with E-state index in [-0.39, 0.29) is 11.9 Å². The van der Waals surface area contributed by atoms with Crippen molar-refractivity contribution >= 4 is 28.5 Å². The third-order valence-electron chi connectivity index (χ3n) is 3.93. The van der Waals surface area contributed by atoms with E-state index in [0.717, 1.165) is 30.5 Å². The van der Waals surface area contributed by atoms with Gasteiger partial charge in [0, 0.05) is 18.8 Å². The minimum atomic E-state index is -0.282. The molecule has 4 rings (SSSR count). The quantitative estimate of drug-likeness (QED) is 0.667. The average molecular weight is 328 g/mol. The fourth-order valence-corrected chi connectivity index (χ4v) is 2.69. The van der Waals surface area contributed by atoms with Crippen LogP contribution in [0.2, 0.25) is 0 Å². The summed E-state index contributed by atoms with van der Waals surface area (Å²) in [5, 5.41) is 14.0. The fraction of sp³-hybridized carbons (Fsp3) is 0.312. The molecule has 1 saturated heterocycles. The van der Waals surface area contributed by atoms with Crippen LogP contribution in [0.1, 0.15) is 12.8 Å². The van der Waals surface area contributed by atoms with Crippen molar-refractivity contribution in [1.82, 2.24) is 20.2 Å². The van der Waals surface area contributed by atoms with Crippen molar-refractivity contribution in [1.29, 1.82) is 0 Å². The van der Waals surface area contributed by atoms with E-state index in [1.165, 1.54) is 12.1 Å². The minimum Gasteiger partial charge on any atom is -0.376 e. The molecule has 8 heteroatoms. The van der Waals surface area contributed by atoms with Crippen molar-refractivity contribution in [2.75, 3.05) is 23.8 Å². The molecule has 3 N–H and O–H groups in total. The first-order valence-corrected chi connectivity index (χ1v) is 7.87. The van der Waals surface area contributed by atoms with Gasteiger partial charge in [-0.05, 0) is 37.1 Å². The Morgan fingerprint density at radius 2 is 2.12 bits per heavy atom. The number of aromatic nitrogens is 4. The Morgan fingerprint density at radius 1 is 1.25 bits per heavy atom. The number of nitrogens with one attached hydrogen (secondary N) is 3. The van der Waals surface area contributed by atoms with Gasteiger partial charge in [-0.25, -0.2) is 4.39 Å². The van der Waals surface area contributed by atoms with Crippen LogP contribution in [0.25, 0.3) is 11.0 Å². The molecule has 24 heavy (non-hydrogen) atoms. The molecule has 1 aliphatic heterocycles. The van der Waals surface area contributed by atoms with Crippen LogP contribution in [-0.4, -0.2) is 39.4 Å². The average Bonchev–Trinajstić information content (AvgIpc) is 3.26. The normalized spacial score (nSPS) is 17.3. The standard InChI is InChI=1S/C16H17FN6O/c17-10-3-5-11(6-4-10)20-14-13-9-19-23-15(13)22-16(21-14)18-8-12-2-1-7-24-12/h3-6,9,12H,1-2,7-8H2,(H3,18,19,20,21,22,23)/t12-/m0/s1. The molecular weight excluding hydrogens is 311 g/mol. The molecule has 3 aromatic rings. The molecule has 1 atom stereocenters. The highest BCUT2D eigenvalue weighted by molar-refractivity contribution is 5.88. The molecule has 0 aliphatic carbocycles. The van der Waals surface area contributed by atoms with Gasteiger partial charge in [0.15, 0.2) is 5.65 Å². The lowest BCUT2D eigenvalue weighted by atomic mass is 10.2. The minimum absolute atomic E-state index is 0.194. The molecule has 2 aromatic heterocycles. The summed E-state index contributed by atoms with van der Waals surface area (Å²) in [6, 6.07) is 6.10. The Hall–Kier alpha value is -2.74. The monoisotopic (exact) mass is 328 g/mol. The molecule has 0 radical (unpaired) electrons. The maximum absolute atomic E-state index is 13.1. The summed E-state index contributed by atoms with van der Waals surface area (Å²) in [5.41, 5.74) is 1.37. The van der Waals surface area contributed by atoms with E-state index in [1.807, 2.05) is 0 Å². The number of rotatable bonds is 5. The Labute approximate surface area is 137 Å². The SMILES string of the molecule is Fc1ccc(Nc2nc(NC[C@@H]3CCCO3)nc3[nH]ncc23)cc1. The molecule has 0 saturated carbocycles. The van der Waals surface area contributed by atoms with Crippen molar-refractivity contribution in [2.24, 2.45) is 0 Å². The number of anilines is 3. The first-order chi connectivity index (χ1) is 11.8. The van der Waals surface area contributed by atoms with Crippen molar-refractivity contribution < 1.29 is 9.13 Å². The number of H-pyrrole nitrogens is 1. The number of benzene rings is 1. The van der Waals surface area contributed by atoms with Gasteiger partial charge >= 0.3 is 0 Å². The van der Waals surface area contributed by atoms with E-state index in [0.29, 0.717) is 24.0 Å². The van der Waals surface area contributed by atoms with Gasteiger partial charge in [0.25, 0.3) is 0 Å². The second-order valence-corrected chi connectivity index (χ2v) is 5.68. The highest BCUT2D eigenvalue weighted by atomic mass is 19.1. The Kier molecular flexibility index (Phi) is 3.96. The maximum atomic E-state index is 13.1. The molecule has 0 unspecified atom stereocenters. The topological polar surface area (TPSA) is 87.8 Å². The van der Waals surface area contributed by atoms with Crippen LogP contribution in [0.3, 0.4) is 0 Å². The second-order valence-electron chi connectivity index (χ2n) is 5.68. The highest BCUT2D eigenvalue weighted by Gasteiger charge is 2.16. The molecule has 1 aromatic carbocycles. The number of nitrogens with zero attached hydrogens (tertiary/aromatic N) is 3. The van der Waals surface area contributed by atoms with E-state index in [9.17, 15) is 4.39 Å². The molecule has 7 nitrogen and oxygen atoms in total. The highest BCUT2D eigenvalue weighted by Crippen LogP contribution is 2.24. The number of halogens is 1. The summed E-state index contributed by atoms with van der Waals surface area (Å²) >= 11 is 0. The molecule has 1 fully saturated rings. The molecular formula is C16H17FN6O. The van der Waals surface area contributed by atoms with Crippen molar-refractivity contribution in [2.45, 2.75) is 18.9 Å². The summed E-state index contributed by atoms with van der Waals surface area (Å²) in [7, 11) is 0. The van der Waals surface area contributed by atoms with Gasteiger partial charge in [-0.2, -0.15) is 15.1 Å². The van der Waals surface area contributed by atoms with Crippen molar-refractivity contribution in [3.63, 3.8) is 0 Å². The zero-order valence-electron chi connectivity index (χ0n) is 12.9. The van der Waals surface area contributed by atoms with Gasteiger partial charge < -0.3 is 15.4 Å². The lowest BCUT2D eigenvalue weighted by Crippen LogP contribution is -2.19. The molecule has 0 bridgehead atoms. The van der Waals surface area contributed by atoms with Crippen molar-refractivity contribution in [3.05, 3.63) is 36.3 Å². The van der Waals surface area contributed by atoms with Crippen LogP contribution in [0.5, 0.6) is 0 Å². The van der Waals surface area contributed by atoms with Gasteiger partial charge in [-0.3, -0.25) is 5.10 Å². The zero-order chi connectivity index (χ0) is 16.4. The molecule has 124 valence electrons.